The number of hydrogen-bond acceptors (Lipinski definition) is 3. The molecule has 0 saturated carbocycles. The summed E-state index contributed by atoms with van der Waals surface area (Å²) >= 11 is 5.17. The predicted octanol–water partition coefficient (Wildman–Crippen LogP) is 6.05. The third-order valence-electron chi connectivity index (χ3n) is 3.55. The number of halogens is 1. The number of aryl methyl sites for hydroxylation is 1. The molecule has 4 heteroatoms. The summed E-state index contributed by atoms with van der Waals surface area (Å²) in [7, 11) is 0. The fourth-order valence-electron chi connectivity index (χ4n) is 2.34. The predicted molar refractivity (Wildman–Crippen MR) is 98.5 cm³/mol. The Hall–Kier alpha value is -1.65. The van der Waals surface area contributed by atoms with Crippen LogP contribution in [0, 0.1) is 6.92 Å². The summed E-state index contributed by atoms with van der Waals surface area (Å²) in [5, 5.41) is 4.46. The number of nitrogens with zero attached hydrogens (tertiary/aromatic N) is 1. The van der Waals surface area contributed by atoms with E-state index in [-0.39, 0.29) is 6.04 Å². The van der Waals surface area contributed by atoms with Crippen LogP contribution in [-0.2, 0) is 0 Å². The molecular weight excluding hydrogens is 356 g/mol. The van der Waals surface area contributed by atoms with E-state index in [2.05, 4.69) is 71.5 Å². The second-order valence-electron chi connectivity index (χ2n) is 5.21. The van der Waals surface area contributed by atoms with E-state index >= 15 is 0 Å². The highest BCUT2D eigenvalue weighted by Crippen LogP contribution is 2.32. The molecule has 1 atom stereocenters. The van der Waals surface area contributed by atoms with Crippen LogP contribution in [0.2, 0.25) is 0 Å². The van der Waals surface area contributed by atoms with Crippen molar-refractivity contribution in [3.8, 4) is 11.3 Å². The monoisotopic (exact) mass is 372 g/mol. The van der Waals surface area contributed by atoms with Crippen LogP contribution in [0.15, 0.2) is 59.1 Å². The third kappa shape index (κ3) is 3.39. The molecule has 0 aliphatic carbocycles. The quantitative estimate of drug-likeness (QED) is 0.602. The summed E-state index contributed by atoms with van der Waals surface area (Å²) in [5.41, 5.74) is 3.47. The van der Waals surface area contributed by atoms with E-state index in [1.165, 1.54) is 10.4 Å². The van der Waals surface area contributed by atoms with Crippen LogP contribution in [0.4, 0.5) is 5.13 Å². The number of rotatable bonds is 4. The van der Waals surface area contributed by atoms with Crippen molar-refractivity contribution in [2.45, 2.75) is 19.9 Å². The van der Waals surface area contributed by atoms with Gasteiger partial charge in [-0.05, 0) is 31.5 Å². The number of aromatic nitrogens is 1. The molecule has 0 amide bonds. The zero-order valence-corrected chi connectivity index (χ0v) is 14.9. The fourth-order valence-corrected chi connectivity index (χ4v) is 3.53. The zero-order valence-electron chi connectivity index (χ0n) is 12.5. The van der Waals surface area contributed by atoms with Gasteiger partial charge in [-0.3, -0.25) is 0 Å². The summed E-state index contributed by atoms with van der Waals surface area (Å²) < 4.78 is 1.08. The van der Waals surface area contributed by atoms with E-state index in [1.54, 1.807) is 11.3 Å². The summed E-state index contributed by atoms with van der Waals surface area (Å²) in [4.78, 5) is 5.99. The first-order valence-electron chi connectivity index (χ1n) is 7.18. The Morgan fingerprint density at radius 2 is 1.73 bits per heavy atom. The van der Waals surface area contributed by atoms with Gasteiger partial charge in [0.25, 0.3) is 0 Å². The molecule has 2 aromatic carbocycles. The zero-order chi connectivity index (χ0) is 15.5. The molecule has 0 radical (unpaired) electrons. The van der Waals surface area contributed by atoms with Gasteiger partial charge >= 0.3 is 0 Å². The van der Waals surface area contributed by atoms with Gasteiger partial charge in [0, 0.05) is 14.9 Å². The molecule has 2 nitrogen and oxygen atoms in total. The van der Waals surface area contributed by atoms with Gasteiger partial charge in [0.2, 0.25) is 0 Å². The van der Waals surface area contributed by atoms with Crippen LogP contribution >= 0.6 is 27.3 Å². The van der Waals surface area contributed by atoms with E-state index in [0.29, 0.717) is 0 Å². The van der Waals surface area contributed by atoms with E-state index in [4.69, 9.17) is 4.98 Å². The fraction of sp³-hybridized carbons (Fsp3) is 0.167. The molecule has 0 aliphatic rings. The number of nitrogens with one attached hydrogen (secondary N) is 1. The molecule has 3 rings (SSSR count). The van der Waals surface area contributed by atoms with E-state index in [9.17, 15) is 0 Å². The molecule has 0 spiro atoms. The van der Waals surface area contributed by atoms with Gasteiger partial charge in [0.1, 0.15) is 0 Å². The average Bonchev–Trinajstić information content (AvgIpc) is 2.89. The molecule has 0 aliphatic heterocycles. The summed E-state index contributed by atoms with van der Waals surface area (Å²) in [6, 6.07) is 19.0. The molecule has 3 aromatic rings. The molecule has 1 heterocycles. The Morgan fingerprint density at radius 3 is 2.41 bits per heavy atom. The van der Waals surface area contributed by atoms with Gasteiger partial charge in [-0.2, -0.15) is 0 Å². The Kier molecular flexibility index (Phi) is 4.60. The van der Waals surface area contributed by atoms with E-state index < -0.39 is 0 Å². The summed E-state index contributed by atoms with van der Waals surface area (Å²) in [6.07, 6.45) is 0. The number of hydrogen-bond donors (Lipinski definition) is 1. The largest absolute Gasteiger partial charge is 0.355 e. The van der Waals surface area contributed by atoms with Gasteiger partial charge in [0.15, 0.2) is 5.13 Å². The maximum atomic E-state index is 4.77. The molecule has 22 heavy (non-hydrogen) atoms. The summed E-state index contributed by atoms with van der Waals surface area (Å²) in [6.45, 7) is 4.28. The van der Waals surface area contributed by atoms with Crippen molar-refractivity contribution in [1.82, 2.24) is 4.98 Å². The minimum atomic E-state index is 0.240. The highest BCUT2D eigenvalue weighted by molar-refractivity contribution is 9.10. The molecule has 0 fully saturated rings. The molecule has 0 bridgehead atoms. The van der Waals surface area contributed by atoms with Crippen LogP contribution < -0.4 is 5.32 Å². The molecule has 1 aromatic heterocycles. The first-order chi connectivity index (χ1) is 10.6. The number of thiazole rings is 1. The van der Waals surface area contributed by atoms with Gasteiger partial charge < -0.3 is 5.32 Å². The van der Waals surface area contributed by atoms with Crippen molar-refractivity contribution in [2.75, 3.05) is 5.32 Å². The Labute approximate surface area is 143 Å². The third-order valence-corrected chi connectivity index (χ3v) is 4.98. The van der Waals surface area contributed by atoms with Crippen LogP contribution in [0.1, 0.15) is 23.4 Å². The number of benzene rings is 2. The van der Waals surface area contributed by atoms with Crippen LogP contribution in [0.5, 0.6) is 0 Å². The number of anilines is 1. The molecule has 112 valence electrons. The Bertz CT molecular complexity index is 751. The maximum absolute atomic E-state index is 4.77. The standard InChI is InChI=1S/C18H17BrN2S/c1-12(14-6-4-3-5-7-14)20-18-21-17(13(2)22-18)15-8-10-16(19)11-9-15/h3-12H,1-2H3,(H,20,21)/t12-/m0/s1. The molecule has 1 N–H and O–H groups in total. The molecular formula is C18H17BrN2S. The topological polar surface area (TPSA) is 24.9 Å². The van der Waals surface area contributed by atoms with Crippen LogP contribution in [-0.4, -0.2) is 4.98 Å². The second-order valence-corrected chi connectivity index (χ2v) is 7.33. The second kappa shape index (κ2) is 6.63. The minimum absolute atomic E-state index is 0.240. The van der Waals surface area contributed by atoms with Crippen molar-refractivity contribution in [3.63, 3.8) is 0 Å². The lowest BCUT2D eigenvalue weighted by Crippen LogP contribution is -2.05. The lowest BCUT2D eigenvalue weighted by atomic mass is 10.1. The Balaban J connectivity index is 1.82. The average molecular weight is 373 g/mol. The molecule has 0 saturated heterocycles. The van der Waals surface area contributed by atoms with E-state index in [0.717, 1.165) is 20.9 Å². The first kappa shape index (κ1) is 15.3. The van der Waals surface area contributed by atoms with Gasteiger partial charge in [0.05, 0.1) is 11.7 Å². The van der Waals surface area contributed by atoms with Crippen molar-refractivity contribution in [2.24, 2.45) is 0 Å². The van der Waals surface area contributed by atoms with Crippen molar-refractivity contribution < 1.29 is 0 Å². The van der Waals surface area contributed by atoms with E-state index in [1.807, 2.05) is 18.2 Å². The SMILES string of the molecule is Cc1sc(N[C@@H](C)c2ccccc2)nc1-c1ccc(Br)cc1. The smallest absolute Gasteiger partial charge is 0.183 e. The van der Waals surface area contributed by atoms with Gasteiger partial charge in [-0.25, -0.2) is 4.98 Å². The lowest BCUT2D eigenvalue weighted by molar-refractivity contribution is 0.882. The maximum Gasteiger partial charge on any atom is 0.183 e. The molecule has 0 unspecified atom stereocenters. The van der Waals surface area contributed by atoms with Crippen LogP contribution in [0.25, 0.3) is 11.3 Å². The Morgan fingerprint density at radius 1 is 1.05 bits per heavy atom. The van der Waals surface area contributed by atoms with Crippen molar-refractivity contribution in [3.05, 3.63) is 69.5 Å². The highest BCUT2D eigenvalue weighted by Gasteiger charge is 2.12. The highest BCUT2D eigenvalue weighted by atomic mass is 79.9. The normalized spacial score (nSPS) is 12.1. The lowest BCUT2D eigenvalue weighted by Gasteiger charge is -2.12. The summed E-state index contributed by atoms with van der Waals surface area (Å²) in [5.74, 6) is 0. The van der Waals surface area contributed by atoms with Gasteiger partial charge in [-0.15, -0.1) is 11.3 Å². The van der Waals surface area contributed by atoms with Crippen molar-refractivity contribution >= 4 is 32.4 Å². The van der Waals surface area contributed by atoms with Gasteiger partial charge in [-0.1, -0.05) is 58.4 Å². The van der Waals surface area contributed by atoms with Crippen LogP contribution in [0.3, 0.4) is 0 Å². The van der Waals surface area contributed by atoms with Crippen molar-refractivity contribution in [1.29, 1.82) is 0 Å². The first-order valence-corrected chi connectivity index (χ1v) is 8.79. The minimum Gasteiger partial charge on any atom is -0.355 e.